The summed E-state index contributed by atoms with van der Waals surface area (Å²) in [4.78, 5) is 31.8. The van der Waals surface area contributed by atoms with Crippen molar-refractivity contribution in [3.63, 3.8) is 0 Å². The number of nitrogens with zero attached hydrogens (tertiary/aromatic N) is 2. The van der Waals surface area contributed by atoms with Crippen LogP contribution in [0.25, 0.3) is 10.2 Å². The largest absolute Gasteiger partial charge is 0.299 e. The molecule has 2 aromatic heterocycles. The van der Waals surface area contributed by atoms with E-state index in [2.05, 4.69) is 12.1 Å². The van der Waals surface area contributed by atoms with Crippen LogP contribution in [-0.4, -0.2) is 21.1 Å². The lowest BCUT2D eigenvalue weighted by Gasteiger charge is -2.13. The molecule has 3 aromatic rings. The third-order valence-electron chi connectivity index (χ3n) is 4.91. The van der Waals surface area contributed by atoms with Gasteiger partial charge in [0, 0.05) is 11.4 Å². The molecule has 0 fully saturated rings. The van der Waals surface area contributed by atoms with Crippen LogP contribution in [0.2, 0.25) is 0 Å². The van der Waals surface area contributed by atoms with Gasteiger partial charge in [0.05, 0.1) is 11.1 Å². The monoisotopic (exact) mass is 398 g/mol. The summed E-state index contributed by atoms with van der Waals surface area (Å²) in [6.45, 7) is 2.15. The first-order valence-corrected chi connectivity index (χ1v) is 11.1. The first-order chi connectivity index (χ1) is 13.1. The summed E-state index contributed by atoms with van der Waals surface area (Å²) < 4.78 is 1.78. The Morgan fingerprint density at radius 3 is 2.78 bits per heavy atom. The van der Waals surface area contributed by atoms with Gasteiger partial charge in [0.2, 0.25) is 0 Å². The van der Waals surface area contributed by atoms with Gasteiger partial charge in [-0.25, -0.2) is 4.98 Å². The maximum absolute atomic E-state index is 13.4. The molecule has 0 aliphatic heterocycles. The van der Waals surface area contributed by atoms with Crippen LogP contribution in [0.15, 0.2) is 40.3 Å². The number of thioether (sulfide) groups is 1. The molecule has 0 amide bonds. The summed E-state index contributed by atoms with van der Waals surface area (Å²) in [5.74, 6) is 0.434. The number of rotatable bonds is 6. The highest BCUT2D eigenvalue weighted by Crippen LogP contribution is 2.34. The van der Waals surface area contributed by atoms with E-state index in [1.54, 1.807) is 22.8 Å². The van der Waals surface area contributed by atoms with Crippen molar-refractivity contribution >= 4 is 39.1 Å². The fourth-order valence-electron chi connectivity index (χ4n) is 3.58. The van der Waals surface area contributed by atoms with Gasteiger partial charge in [0.25, 0.3) is 5.56 Å². The number of carbonyl (C=O) groups excluding carboxylic acids is 1. The normalized spacial score (nSPS) is 13.7. The molecular weight excluding hydrogens is 376 g/mol. The molecule has 4 nitrogen and oxygen atoms in total. The average molecular weight is 399 g/mol. The lowest BCUT2D eigenvalue weighted by atomic mass is 9.97. The summed E-state index contributed by atoms with van der Waals surface area (Å²) in [6, 6.07) is 10.2. The van der Waals surface area contributed by atoms with Gasteiger partial charge in [-0.2, -0.15) is 0 Å². The predicted molar refractivity (Wildman–Crippen MR) is 112 cm³/mol. The number of hydrogen-bond donors (Lipinski definition) is 0. The van der Waals surface area contributed by atoms with E-state index in [1.807, 2.05) is 18.2 Å². The van der Waals surface area contributed by atoms with Gasteiger partial charge in [-0.1, -0.05) is 42.1 Å². The Labute approximate surface area is 166 Å². The Bertz CT molecular complexity index is 1040. The Morgan fingerprint density at radius 1 is 1.22 bits per heavy atom. The number of aromatic nitrogens is 2. The molecule has 1 aromatic carbocycles. The zero-order valence-corrected chi connectivity index (χ0v) is 17.0. The molecule has 0 bridgehead atoms. The molecule has 6 heteroatoms. The smallest absolute Gasteiger partial charge is 0.263 e. The zero-order valence-electron chi connectivity index (χ0n) is 15.4. The number of Topliss-reactive ketones (excluding diaryl/α,β-unsaturated/α-hetero) is 1. The molecule has 1 aliphatic rings. The van der Waals surface area contributed by atoms with Gasteiger partial charge < -0.3 is 0 Å². The minimum atomic E-state index is 0.0568. The Morgan fingerprint density at radius 2 is 2.00 bits per heavy atom. The molecule has 0 spiro atoms. The van der Waals surface area contributed by atoms with E-state index in [1.165, 1.54) is 34.2 Å². The molecule has 2 heterocycles. The third-order valence-corrected chi connectivity index (χ3v) is 7.22. The van der Waals surface area contributed by atoms with E-state index in [9.17, 15) is 9.59 Å². The Kier molecular flexibility index (Phi) is 5.45. The van der Waals surface area contributed by atoms with Crippen LogP contribution in [0.5, 0.6) is 0 Å². The quantitative estimate of drug-likeness (QED) is 0.460. The van der Waals surface area contributed by atoms with Gasteiger partial charge in [0.1, 0.15) is 10.6 Å². The van der Waals surface area contributed by atoms with E-state index in [4.69, 9.17) is 4.98 Å². The standard InChI is InChI=1S/C21H22N2O2S2/c1-14(24)13-26-21-22-19-18(16-9-5-6-10-17(16)27-19)20(25)23(21)12-11-15-7-3-2-4-8-15/h2-4,7-8H,5-6,9-13H2,1H3. The predicted octanol–water partition coefficient (Wildman–Crippen LogP) is 4.26. The van der Waals surface area contributed by atoms with E-state index >= 15 is 0 Å². The van der Waals surface area contributed by atoms with Crippen molar-refractivity contribution in [3.05, 3.63) is 56.7 Å². The van der Waals surface area contributed by atoms with Crippen molar-refractivity contribution < 1.29 is 4.79 Å². The second-order valence-electron chi connectivity index (χ2n) is 6.97. The highest BCUT2D eigenvalue weighted by atomic mass is 32.2. The van der Waals surface area contributed by atoms with Crippen molar-refractivity contribution in [2.24, 2.45) is 0 Å². The van der Waals surface area contributed by atoms with Crippen molar-refractivity contribution in [3.8, 4) is 0 Å². The van der Waals surface area contributed by atoms with E-state index in [0.717, 1.165) is 35.9 Å². The topological polar surface area (TPSA) is 52.0 Å². The number of aryl methyl sites for hydroxylation is 3. The number of ketones is 1. The number of carbonyl (C=O) groups is 1. The van der Waals surface area contributed by atoms with E-state index in [0.29, 0.717) is 17.5 Å². The number of thiophene rings is 1. The summed E-state index contributed by atoms with van der Waals surface area (Å²) in [5.41, 5.74) is 2.47. The molecule has 27 heavy (non-hydrogen) atoms. The van der Waals surface area contributed by atoms with E-state index < -0.39 is 0 Å². The molecule has 0 saturated heterocycles. The Balaban J connectivity index is 1.77. The fourth-order valence-corrected chi connectivity index (χ4v) is 5.71. The van der Waals surface area contributed by atoms with Gasteiger partial charge in [-0.3, -0.25) is 14.2 Å². The van der Waals surface area contributed by atoms with Gasteiger partial charge in [-0.15, -0.1) is 11.3 Å². The van der Waals surface area contributed by atoms with Crippen molar-refractivity contribution in [1.29, 1.82) is 0 Å². The highest BCUT2D eigenvalue weighted by molar-refractivity contribution is 7.99. The molecule has 4 rings (SSSR count). The molecule has 0 saturated carbocycles. The lowest BCUT2D eigenvalue weighted by molar-refractivity contribution is -0.114. The van der Waals surface area contributed by atoms with Crippen LogP contribution in [0.4, 0.5) is 0 Å². The van der Waals surface area contributed by atoms with Crippen molar-refractivity contribution in [2.45, 2.75) is 50.7 Å². The molecule has 0 unspecified atom stereocenters. The summed E-state index contributed by atoms with van der Waals surface area (Å²) in [6.07, 6.45) is 5.13. The molecular formula is C21H22N2O2S2. The zero-order chi connectivity index (χ0) is 18.8. The molecule has 140 valence electrons. The van der Waals surface area contributed by atoms with Crippen LogP contribution in [0.1, 0.15) is 35.8 Å². The second-order valence-corrected chi connectivity index (χ2v) is 8.99. The first kappa shape index (κ1) is 18.4. The molecule has 1 aliphatic carbocycles. The number of fused-ring (bicyclic) bond motifs is 3. The minimum absolute atomic E-state index is 0.0568. The molecule has 0 N–H and O–H groups in total. The van der Waals surface area contributed by atoms with Crippen molar-refractivity contribution in [2.75, 3.05) is 5.75 Å². The molecule has 0 radical (unpaired) electrons. The summed E-state index contributed by atoms with van der Waals surface area (Å²) in [7, 11) is 0. The van der Waals surface area contributed by atoms with E-state index in [-0.39, 0.29) is 11.3 Å². The fraction of sp³-hybridized carbons (Fsp3) is 0.381. The maximum Gasteiger partial charge on any atom is 0.263 e. The van der Waals surface area contributed by atoms with Gasteiger partial charge in [-0.05, 0) is 50.2 Å². The third kappa shape index (κ3) is 3.87. The summed E-state index contributed by atoms with van der Waals surface area (Å²) >= 11 is 3.04. The Hall–Kier alpha value is -1.92. The van der Waals surface area contributed by atoms with Crippen LogP contribution in [0.3, 0.4) is 0 Å². The van der Waals surface area contributed by atoms with Gasteiger partial charge >= 0.3 is 0 Å². The number of benzene rings is 1. The van der Waals surface area contributed by atoms with Gasteiger partial charge in [0.15, 0.2) is 5.16 Å². The summed E-state index contributed by atoms with van der Waals surface area (Å²) in [5, 5.41) is 1.48. The van der Waals surface area contributed by atoms with Crippen LogP contribution >= 0.6 is 23.1 Å². The SMILES string of the molecule is CC(=O)CSc1nc2sc3c(c2c(=O)n1CCc1ccccc1)CCCC3. The lowest BCUT2D eigenvalue weighted by Crippen LogP contribution is -2.25. The molecule has 0 atom stereocenters. The minimum Gasteiger partial charge on any atom is -0.299 e. The maximum atomic E-state index is 13.4. The highest BCUT2D eigenvalue weighted by Gasteiger charge is 2.22. The van der Waals surface area contributed by atoms with Crippen LogP contribution in [0, 0.1) is 0 Å². The number of hydrogen-bond acceptors (Lipinski definition) is 5. The average Bonchev–Trinajstić information content (AvgIpc) is 3.05. The van der Waals surface area contributed by atoms with Crippen LogP contribution in [-0.2, 0) is 30.6 Å². The van der Waals surface area contributed by atoms with Crippen molar-refractivity contribution in [1.82, 2.24) is 9.55 Å². The second kappa shape index (κ2) is 7.98. The van der Waals surface area contributed by atoms with Crippen LogP contribution < -0.4 is 5.56 Å². The first-order valence-electron chi connectivity index (χ1n) is 9.34.